The molecule has 9 nitrogen and oxygen atoms in total. The summed E-state index contributed by atoms with van der Waals surface area (Å²) in [5.41, 5.74) is 0.224. The molecule has 48 heavy (non-hydrogen) atoms. The SMILES string of the molecule is COc1ccc(CN(c2ccon2)S(=O)c2ccc3c(ccc(=O)n3-c3cc(F)c(-c4cc(F)cc(F)c4)cc3OC(C)C#N)c2)cc1. The first-order chi connectivity index (χ1) is 23.1. The lowest BCUT2D eigenvalue weighted by Gasteiger charge is -2.21. The van der Waals surface area contributed by atoms with Crippen LogP contribution in [0.1, 0.15) is 12.5 Å². The molecule has 0 aliphatic carbocycles. The summed E-state index contributed by atoms with van der Waals surface area (Å²) in [5, 5.41) is 13.9. The number of nitriles is 1. The molecule has 0 bridgehead atoms. The summed E-state index contributed by atoms with van der Waals surface area (Å²) in [4.78, 5) is 13.7. The van der Waals surface area contributed by atoms with Gasteiger partial charge in [0, 0.05) is 35.2 Å². The van der Waals surface area contributed by atoms with Gasteiger partial charge in [-0.25, -0.2) is 17.4 Å². The molecule has 6 rings (SSSR count). The van der Waals surface area contributed by atoms with Gasteiger partial charge < -0.3 is 14.0 Å². The number of benzene rings is 4. The number of nitrogens with zero attached hydrogens (tertiary/aromatic N) is 4. The molecule has 242 valence electrons. The van der Waals surface area contributed by atoms with Crippen LogP contribution in [-0.2, 0) is 17.5 Å². The minimum absolute atomic E-state index is 0.0524. The van der Waals surface area contributed by atoms with E-state index < -0.39 is 40.1 Å². The van der Waals surface area contributed by atoms with Crippen molar-refractivity contribution < 1.29 is 31.4 Å². The third kappa shape index (κ3) is 6.51. The average molecular weight is 671 g/mol. The molecule has 2 unspecified atom stereocenters. The first-order valence-corrected chi connectivity index (χ1v) is 15.5. The molecule has 0 N–H and O–H groups in total. The molecule has 2 atom stereocenters. The van der Waals surface area contributed by atoms with Crippen LogP contribution in [0.3, 0.4) is 0 Å². The zero-order valence-corrected chi connectivity index (χ0v) is 26.2. The second kappa shape index (κ2) is 13.5. The first kappa shape index (κ1) is 32.1. The topological polar surface area (TPSA) is 111 Å². The highest BCUT2D eigenvalue weighted by molar-refractivity contribution is 7.86. The molecule has 0 saturated carbocycles. The van der Waals surface area contributed by atoms with Gasteiger partial charge in [0.15, 0.2) is 22.9 Å². The Morgan fingerprint density at radius 1 is 0.979 bits per heavy atom. The molecule has 6 aromatic rings. The molecule has 0 radical (unpaired) electrons. The fourth-order valence-electron chi connectivity index (χ4n) is 5.12. The van der Waals surface area contributed by atoms with E-state index >= 15 is 4.39 Å². The van der Waals surface area contributed by atoms with Crippen LogP contribution in [0.25, 0.3) is 27.7 Å². The van der Waals surface area contributed by atoms with E-state index in [2.05, 4.69) is 5.16 Å². The fourth-order valence-corrected chi connectivity index (χ4v) is 6.32. The van der Waals surface area contributed by atoms with Crippen LogP contribution in [0.15, 0.2) is 111 Å². The third-order valence-corrected chi connectivity index (χ3v) is 8.75. The predicted molar refractivity (Wildman–Crippen MR) is 173 cm³/mol. The second-order valence-corrected chi connectivity index (χ2v) is 12.0. The number of anilines is 1. The zero-order valence-electron chi connectivity index (χ0n) is 25.4. The molecular weight excluding hydrogens is 645 g/mol. The normalized spacial score (nSPS) is 12.3. The van der Waals surface area contributed by atoms with Crippen molar-refractivity contribution in [1.29, 1.82) is 5.26 Å². The lowest BCUT2D eigenvalue weighted by molar-refractivity contribution is 0.275. The number of hydrogen-bond acceptors (Lipinski definition) is 7. The van der Waals surface area contributed by atoms with Crippen LogP contribution in [-0.4, -0.2) is 27.1 Å². The molecule has 4 aromatic carbocycles. The fraction of sp³-hybridized carbons (Fsp3) is 0.114. The number of rotatable bonds is 10. The Morgan fingerprint density at radius 3 is 2.40 bits per heavy atom. The standard InChI is InChI=1S/C35H25F3N4O5S/c1-21(19-39)47-33-17-29(24-13-25(36)16-26(37)14-24)30(38)18-32(33)42-31-9-8-28(15-23(31)5-10-35(42)43)48(44)41(34-11-12-46-40-34)20-22-3-6-27(45-2)7-4-22/h3-18,21H,20H2,1-2H3. The van der Waals surface area contributed by atoms with Gasteiger partial charge in [0.05, 0.1) is 29.8 Å². The maximum Gasteiger partial charge on any atom is 0.255 e. The van der Waals surface area contributed by atoms with Crippen molar-refractivity contribution in [2.75, 3.05) is 11.4 Å². The molecule has 13 heteroatoms. The Balaban J connectivity index is 1.44. The van der Waals surface area contributed by atoms with Gasteiger partial charge in [0.2, 0.25) is 0 Å². The highest BCUT2D eigenvalue weighted by Gasteiger charge is 2.22. The Kier molecular flexibility index (Phi) is 9.00. The van der Waals surface area contributed by atoms with Crippen molar-refractivity contribution in [2.24, 2.45) is 0 Å². The van der Waals surface area contributed by atoms with Gasteiger partial charge >= 0.3 is 0 Å². The molecular formula is C35H25F3N4O5S. The van der Waals surface area contributed by atoms with Crippen LogP contribution in [0, 0.1) is 28.8 Å². The summed E-state index contributed by atoms with van der Waals surface area (Å²) in [5.74, 6) is -1.80. The van der Waals surface area contributed by atoms with Gasteiger partial charge in [-0.1, -0.05) is 17.3 Å². The Bertz CT molecular complexity index is 2230. The minimum atomic E-state index is -1.81. The Labute approximate surface area is 274 Å². The number of halogens is 3. The van der Waals surface area contributed by atoms with E-state index in [-0.39, 0.29) is 29.1 Å². The van der Waals surface area contributed by atoms with Crippen molar-refractivity contribution in [1.82, 2.24) is 9.72 Å². The maximum absolute atomic E-state index is 15.7. The van der Waals surface area contributed by atoms with Crippen LogP contribution in [0.5, 0.6) is 11.5 Å². The quantitative estimate of drug-likeness (QED) is 0.153. The van der Waals surface area contributed by atoms with Crippen LogP contribution in [0.4, 0.5) is 19.0 Å². The molecule has 2 heterocycles. The van der Waals surface area contributed by atoms with E-state index in [9.17, 15) is 23.0 Å². The summed E-state index contributed by atoms with van der Waals surface area (Å²) >= 11 is 0. The number of pyridine rings is 1. The second-order valence-electron chi connectivity index (χ2n) is 10.6. The smallest absolute Gasteiger partial charge is 0.255 e. The van der Waals surface area contributed by atoms with Crippen LogP contribution >= 0.6 is 0 Å². The Morgan fingerprint density at radius 2 is 1.73 bits per heavy atom. The lowest BCUT2D eigenvalue weighted by Crippen LogP contribution is -2.26. The number of aromatic nitrogens is 2. The monoisotopic (exact) mass is 670 g/mol. The van der Waals surface area contributed by atoms with Gasteiger partial charge in [-0.3, -0.25) is 13.7 Å². The molecule has 2 aromatic heterocycles. The van der Waals surface area contributed by atoms with Crippen molar-refractivity contribution in [2.45, 2.75) is 24.5 Å². The average Bonchev–Trinajstić information content (AvgIpc) is 3.62. The van der Waals surface area contributed by atoms with Crippen molar-refractivity contribution >= 4 is 27.7 Å². The Hall–Kier alpha value is -5.87. The van der Waals surface area contributed by atoms with Gasteiger partial charge in [0.1, 0.15) is 41.3 Å². The molecule has 0 saturated heterocycles. The third-order valence-electron chi connectivity index (χ3n) is 7.38. The van der Waals surface area contributed by atoms with Gasteiger partial charge in [-0.15, -0.1) is 0 Å². The molecule has 0 fully saturated rings. The van der Waals surface area contributed by atoms with E-state index in [1.54, 1.807) is 47.8 Å². The lowest BCUT2D eigenvalue weighted by atomic mass is 10.0. The van der Waals surface area contributed by atoms with E-state index in [1.807, 2.05) is 18.2 Å². The molecule has 0 aliphatic heterocycles. The van der Waals surface area contributed by atoms with E-state index in [1.165, 1.54) is 36.0 Å². The van der Waals surface area contributed by atoms with Crippen LogP contribution in [0.2, 0.25) is 0 Å². The van der Waals surface area contributed by atoms with Gasteiger partial charge in [-0.2, -0.15) is 5.26 Å². The number of methoxy groups -OCH3 is 1. The maximum atomic E-state index is 15.7. The van der Waals surface area contributed by atoms with Crippen molar-refractivity contribution in [3.63, 3.8) is 0 Å². The minimum Gasteiger partial charge on any atom is -0.497 e. The van der Waals surface area contributed by atoms with Gasteiger partial charge in [-0.05, 0) is 72.6 Å². The van der Waals surface area contributed by atoms with Gasteiger partial charge in [0.25, 0.3) is 5.56 Å². The van der Waals surface area contributed by atoms with E-state index in [0.29, 0.717) is 33.4 Å². The molecule has 0 spiro atoms. The zero-order chi connectivity index (χ0) is 33.9. The van der Waals surface area contributed by atoms with Crippen LogP contribution < -0.4 is 19.3 Å². The summed E-state index contributed by atoms with van der Waals surface area (Å²) in [6, 6.07) is 23.1. The highest BCUT2D eigenvalue weighted by Crippen LogP contribution is 2.35. The highest BCUT2D eigenvalue weighted by atomic mass is 32.2. The number of hydrogen-bond donors (Lipinski definition) is 0. The largest absolute Gasteiger partial charge is 0.497 e. The summed E-state index contributed by atoms with van der Waals surface area (Å²) in [6.45, 7) is 1.66. The summed E-state index contributed by atoms with van der Waals surface area (Å²) < 4.78 is 76.5. The first-order valence-electron chi connectivity index (χ1n) is 14.4. The number of ether oxygens (including phenoxy) is 2. The van der Waals surface area contributed by atoms with Crippen molar-refractivity contribution in [3.8, 4) is 34.4 Å². The van der Waals surface area contributed by atoms with E-state index in [4.69, 9.17) is 14.0 Å². The summed E-state index contributed by atoms with van der Waals surface area (Å²) in [6.07, 6.45) is 0.341. The summed E-state index contributed by atoms with van der Waals surface area (Å²) in [7, 11) is -0.244. The van der Waals surface area contributed by atoms with Crippen molar-refractivity contribution in [3.05, 3.63) is 131 Å². The molecule has 0 amide bonds. The van der Waals surface area contributed by atoms with E-state index in [0.717, 1.165) is 23.8 Å². The number of fused-ring (bicyclic) bond motifs is 1. The predicted octanol–water partition coefficient (Wildman–Crippen LogP) is 7.09. The molecule has 0 aliphatic rings.